The fourth-order valence-electron chi connectivity index (χ4n) is 5.29. The standard InChI is InChI=1S/C29H36N6O4/c1-22-27(19-23-7-9-25(10-8-23)35(37)38)29(31-28(30-22)24-5-3-2-4-6-24)34-13-11-32(12-14-34)20-26(36)21-33-15-17-39-18-16-33/h2-10,26,36H,11-21H2,1H3. The van der Waals surface area contributed by atoms with Crippen LogP contribution in [-0.2, 0) is 11.2 Å². The Bertz CT molecular complexity index is 1240. The molecule has 3 heterocycles. The van der Waals surface area contributed by atoms with Crippen molar-refractivity contribution in [3.05, 3.63) is 81.5 Å². The minimum absolute atomic E-state index is 0.0818. The number of aromatic nitrogens is 2. The topological polar surface area (TPSA) is 108 Å². The first-order valence-corrected chi connectivity index (χ1v) is 13.6. The first-order valence-electron chi connectivity index (χ1n) is 13.6. The zero-order valence-electron chi connectivity index (χ0n) is 22.4. The lowest BCUT2D eigenvalue weighted by Gasteiger charge is -2.38. The van der Waals surface area contributed by atoms with E-state index in [0.29, 0.717) is 25.3 Å². The van der Waals surface area contributed by atoms with Crippen LogP contribution in [0, 0.1) is 17.0 Å². The van der Waals surface area contributed by atoms with Gasteiger partial charge in [0.2, 0.25) is 0 Å². The maximum Gasteiger partial charge on any atom is 0.269 e. The highest BCUT2D eigenvalue weighted by molar-refractivity contribution is 5.61. The average Bonchev–Trinajstić information content (AvgIpc) is 2.95. The third-order valence-corrected chi connectivity index (χ3v) is 7.47. The molecule has 10 nitrogen and oxygen atoms in total. The van der Waals surface area contributed by atoms with E-state index in [9.17, 15) is 15.2 Å². The maximum absolute atomic E-state index is 11.1. The number of anilines is 1. The first-order chi connectivity index (χ1) is 19.0. The van der Waals surface area contributed by atoms with Crippen molar-refractivity contribution in [2.24, 2.45) is 0 Å². The molecule has 0 bridgehead atoms. The zero-order chi connectivity index (χ0) is 27.2. The van der Waals surface area contributed by atoms with Crippen LogP contribution in [0.5, 0.6) is 0 Å². The Balaban J connectivity index is 1.32. The summed E-state index contributed by atoms with van der Waals surface area (Å²) in [5.74, 6) is 1.60. The number of morpholine rings is 1. The molecule has 1 unspecified atom stereocenters. The number of non-ortho nitro benzene ring substituents is 1. The fourth-order valence-corrected chi connectivity index (χ4v) is 5.29. The molecule has 2 fully saturated rings. The number of ether oxygens (including phenoxy) is 1. The van der Waals surface area contributed by atoms with Crippen molar-refractivity contribution < 1.29 is 14.8 Å². The molecule has 2 aliphatic heterocycles. The molecule has 1 atom stereocenters. The van der Waals surface area contributed by atoms with E-state index >= 15 is 0 Å². The molecule has 3 aromatic rings. The number of piperazine rings is 1. The molecule has 0 amide bonds. The van der Waals surface area contributed by atoms with Crippen LogP contribution in [0.4, 0.5) is 11.5 Å². The van der Waals surface area contributed by atoms with Gasteiger partial charge in [-0.05, 0) is 12.5 Å². The summed E-state index contributed by atoms with van der Waals surface area (Å²) in [6.45, 7) is 9.81. The quantitative estimate of drug-likeness (QED) is 0.329. The van der Waals surface area contributed by atoms with Crippen molar-refractivity contribution in [1.29, 1.82) is 0 Å². The number of aliphatic hydroxyl groups is 1. The van der Waals surface area contributed by atoms with Gasteiger partial charge >= 0.3 is 0 Å². The molecule has 10 heteroatoms. The van der Waals surface area contributed by atoms with Gasteiger partial charge in [-0.1, -0.05) is 42.5 Å². The van der Waals surface area contributed by atoms with E-state index in [1.54, 1.807) is 24.3 Å². The number of hydrogen-bond donors (Lipinski definition) is 1. The molecule has 1 aromatic heterocycles. The summed E-state index contributed by atoms with van der Waals surface area (Å²) < 4.78 is 5.42. The second kappa shape index (κ2) is 12.6. The molecule has 2 saturated heterocycles. The van der Waals surface area contributed by atoms with Crippen molar-refractivity contribution in [2.45, 2.75) is 19.4 Å². The monoisotopic (exact) mass is 532 g/mol. The molecule has 0 spiro atoms. The van der Waals surface area contributed by atoms with Crippen molar-refractivity contribution >= 4 is 11.5 Å². The predicted octanol–water partition coefficient (Wildman–Crippen LogP) is 2.77. The SMILES string of the molecule is Cc1nc(-c2ccccc2)nc(N2CCN(CC(O)CN3CCOCC3)CC2)c1Cc1ccc([N+](=O)[O-])cc1. The van der Waals surface area contributed by atoms with Gasteiger partial charge in [0.1, 0.15) is 5.82 Å². The van der Waals surface area contributed by atoms with Gasteiger partial charge in [0, 0.05) is 87.7 Å². The maximum atomic E-state index is 11.1. The van der Waals surface area contributed by atoms with Gasteiger partial charge in [-0.25, -0.2) is 9.97 Å². The summed E-state index contributed by atoms with van der Waals surface area (Å²) in [5.41, 5.74) is 3.96. The number of nitrogens with zero attached hydrogens (tertiary/aromatic N) is 6. The number of β-amino-alcohol motifs (C(OH)–C–C–N with tert-alkyl or cyclic N) is 1. The summed E-state index contributed by atoms with van der Waals surface area (Å²) in [4.78, 5) is 27.5. The lowest BCUT2D eigenvalue weighted by molar-refractivity contribution is -0.384. The lowest BCUT2D eigenvalue weighted by Crippen LogP contribution is -2.51. The van der Waals surface area contributed by atoms with Crippen molar-refractivity contribution in [3.8, 4) is 11.4 Å². The number of hydrogen-bond acceptors (Lipinski definition) is 9. The van der Waals surface area contributed by atoms with Crippen molar-refractivity contribution in [1.82, 2.24) is 19.8 Å². The molecule has 1 N–H and O–H groups in total. The highest BCUT2D eigenvalue weighted by atomic mass is 16.6. The van der Waals surface area contributed by atoms with Gasteiger partial charge in [-0.15, -0.1) is 0 Å². The number of nitro groups is 1. The van der Waals surface area contributed by atoms with Crippen LogP contribution in [0.1, 0.15) is 16.8 Å². The predicted molar refractivity (Wildman–Crippen MR) is 150 cm³/mol. The third kappa shape index (κ3) is 6.96. The van der Waals surface area contributed by atoms with Crippen molar-refractivity contribution in [3.63, 3.8) is 0 Å². The van der Waals surface area contributed by atoms with E-state index in [1.807, 2.05) is 37.3 Å². The van der Waals surface area contributed by atoms with Gasteiger partial charge in [0.05, 0.1) is 24.2 Å². The Hall–Kier alpha value is -3.44. The highest BCUT2D eigenvalue weighted by Crippen LogP contribution is 2.29. The molecular weight excluding hydrogens is 496 g/mol. The zero-order valence-corrected chi connectivity index (χ0v) is 22.4. The largest absolute Gasteiger partial charge is 0.390 e. The van der Waals surface area contributed by atoms with Crippen LogP contribution >= 0.6 is 0 Å². The number of rotatable bonds is 9. The van der Waals surface area contributed by atoms with E-state index < -0.39 is 6.10 Å². The van der Waals surface area contributed by atoms with E-state index in [0.717, 1.165) is 80.7 Å². The second-order valence-electron chi connectivity index (χ2n) is 10.3. The Labute approximate surface area is 229 Å². The molecule has 0 aliphatic carbocycles. The van der Waals surface area contributed by atoms with Gasteiger partial charge in [-0.2, -0.15) is 0 Å². The van der Waals surface area contributed by atoms with E-state index in [2.05, 4.69) is 14.7 Å². The second-order valence-corrected chi connectivity index (χ2v) is 10.3. The molecule has 39 heavy (non-hydrogen) atoms. The Kier molecular flexibility index (Phi) is 8.77. The first kappa shape index (κ1) is 27.1. The van der Waals surface area contributed by atoms with Gasteiger partial charge in [0.15, 0.2) is 5.82 Å². The lowest BCUT2D eigenvalue weighted by atomic mass is 10.0. The normalized spacial score (nSPS) is 17.7. The van der Waals surface area contributed by atoms with Crippen LogP contribution in [-0.4, -0.2) is 101 Å². The van der Waals surface area contributed by atoms with Crippen LogP contribution in [0.3, 0.4) is 0 Å². The Morgan fingerprint density at radius 1 is 0.923 bits per heavy atom. The minimum atomic E-state index is -0.390. The number of nitro benzene ring substituents is 1. The molecular formula is C29H36N6O4. The van der Waals surface area contributed by atoms with E-state index in [4.69, 9.17) is 14.7 Å². The van der Waals surface area contributed by atoms with Gasteiger partial charge in [0.25, 0.3) is 5.69 Å². The van der Waals surface area contributed by atoms with Crippen molar-refractivity contribution in [2.75, 3.05) is 70.5 Å². The molecule has 0 radical (unpaired) electrons. The summed E-state index contributed by atoms with van der Waals surface area (Å²) in [6.07, 6.45) is 0.200. The van der Waals surface area contributed by atoms with Crippen LogP contribution in [0.15, 0.2) is 54.6 Å². The summed E-state index contributed by atoms with van der Waals surface area (Å²) >= 11 is 0. The highest BCUT2D eigenvalue weighted by Gasteiger charge is 2.25. The van der Waals surface area contributed by atoms with Crippen LogP contribution < -0.4 is 4.90 Å². The molecule has 0 saturated carbocycles. The Morgan fingerprint density at radius 3 is 2.21 bits per heavy atom. The van der Waals surface area contributed by atoms with Gasteiger partial charge in [-0.3, -0.25) is 19.9 Å². The average molecular weight is 533 g/mol. The number of aliphatic hydroxyl groups excluding tert-OH is 1. The Morgan fingerprint density at radius 2 is 1.56 bits per heavy atom. The fraction of sp³-hybridized carbons (Fsp3) is 0.448. The molecule has 206 valence electrons. The molecule has 2 aromatic carbocycles. The summed E-state index contributed by atoms with van der Waals surface area (Å²) in [6, 6.07) is 16.7. The summed E-state index contributed by atoms with van der Waals surface area (Å²) in [7, 11) is 0. The minimum Gasteiger partial charge on any atom is -0.390 e. The smallest absolute Gasteiger partial charge is 0.269 e. The van der Waals surface area contributed by atoms with Crippen LogP contribution in [0.25, 0.3) is 11.4 Å². The van der Waals surface area contributed by atoms with Gasteiger partial charge < -0.3 is 14.7 Å². The molecule has 5 rings (SSSR count). The van der Waals surface area contributed by atoms with E-state index in [-0.39, 0.29) is 10.6 Å². The molecule has 2 aliphatic rings. The summed E-state index contributed by atoms with van der Waals surface area (Å²) in [5, 5.41) is 21.8. The number of benzene rings is 2. The van der Waals surface area contributed by atoms with E-state index in [1.165, 1.54) is 0 Å². The van der Waals surface area contributed by atoms with Crippen LogP contribution in [0.2, 0.25) is 0 Å². The number of aryl methyl sites for hydroxylation is 1. The third-order valence-electron chi connectivity index (χ3n) is 7.47.